The summed E-state index contributed by atoms with van der Waals surface area (Å²) in [4.78, 5) is 22.7. The van der Waals surface area contributed by atoms with Crippen molar-refractivity contribution < 1.29 is 19.4 Å². The molecule has 0 aromatic rings. The summed E-state index contributed by atoms with van der Waals surface area (Å²) < 4.78 is 4.79. The molecule has 1 rings (SSSR count). The highest BCUT2D eigenvalue weighted by atomic mass is 16.5. The van der Waals surface area contributed by atoms with Crippen LogP contribution < -0.4 is 11.1 Å². The first-order chi connectivity index (χ1) is 8.06. The Morgan fingerprint density at radius 2 is 2.12 bits per heavy atom. The SMILES string of the molecule is COCC(N)C(=O)NC1CCCCC1C(=O)O. The average Bonchev–Trinajstić information content (AvgIpc) is 2.29. The van der Waals surface area contributed by atoms with Gasteiger partial charge in [0.25, 0.3) is 0 Å². The zero-order chi connectivity index (χ0) is 12.8. The second-order valence-corrected chi connectivity index (χ2v) is 4.41. The lowest BCUT2D eigenvalue weighted by molar-refractivity contribution is -0.144. The molecule has 0 aromatic heterocycles. The van der Waals surface area contributed by atoms with Crippen molar-refractivity contribution in [1.82, 2.24) is 5.32 Å². The van der Waals surface area contributed by atoms with E-state index in [4.69, 9.17) is 15.6 Å². The molecule has 1 fully saturated rings. The molecular weight excluding hydrogens is 224 g/mol. The molecule has 1 amide bonds. The van der Waals surface area contributed by atoms with Gasteiger partial charge in [0, 0.05) is 13.2 Å². The number of aliphatic carboxylic acids is 1. The predicted octanol–water partition coefficient (Wildman–Crippen LogP) is -0.280. The molecule has 3 atom stereocenters. The summed E-state index contributed by atoms with van der Waals surface area (Å²) in [5.74, 6) is -1.69. The molecule has 17 heavy (non-hydrogen) atoms. The fraction of sp³-hybridized carbons (Fsp3) is 0.818. The third-order valence-corrected chi connectivity index (χ3v) is 3.09. The predicted molar refractivity (Wildman–Crippen MR) is 61.4 cm³/mol. The number of carboxylic acids is 1. The van der Waals surface area contributed by atoms with E-state index in [0.29, 0.717) is 12.8 Å². The van der Waals surface area contributed by atoms with E-state index in [1.807, 2.05) is 0 Å². The summed E-state index contributed by atoms with van der Waals surface area (Å²) in [6.45, 7) is 0.135. The Morgan fingerprint density at radius 1 is 1.47 bits per heavy atom. The third kappa shape index (κ3) is 3.98. The minimum Gasteiger partial charge on any atom is -0.481 e. The number of carboxylic acid groups (broad SMARTS) is 1. The van der Waals surface area contributed by atoms with Gasteiger partial charge in [0.05, 0.1) is 12.5 Å². The number of nitrogens with one attached hydrogen (secondary N) is 1. The van der Waals surface area contributed by atoms with Gasteiger partial charge in [0.1, 0.15) is 6.04 Å². The Labute approximate surface area is 101 Å². The van der Waals surface area contributed by atoms with Gasteiger partial charge in [-0.1, -0.05) is 12.8 Å². The maximum atomic E-state index is 11.7. The van der Waals surface area contributed by atoms with Crippen LogP contribution in [0.1, 0.15) is 25.7 Å². The molecule has 1 aliphatic carbocycles. The fourth-order valence-corrected chi connectivity index (χ4v) is 2.14. The van der Waals surface area contributed by atoms with Crippen molar-refractivity contribution in [2.24, 2.45) is 11.7 Å². The van der Waals surface area contributed by atoms with E-state index in [2.05, 4.69) is 5.32 Å². The number of carbonyl (C=O) groups excluding carboxylic acids is 1. The number of amides is 1. The van der Waals surface area contributed by atoms with Gasteiger partial charge in [-0.2, -0.15) is 0 Å². The number of ether oxygens (including phenoxy) is 1. The lowest BCUT2D eigenvalue weighted by Gasteiger charge is -2.30. The fourth-order valence-electron chi connectivity index (χ4n) is 2.14. The number of hydrogen-bond donors (Lipinski definition) is 3. The highest BCUT2D eigenvalue weighted by Gasteiger charge is 2.32. The van der Waals surface area contributed by atoms with Crippen molar-refractivity contribution in [3.63, 3.8) is 0 Å². The second kappa shape index (κ2) is 6.56. The van der Waals surface area contributed by atoms with Crippen molar-refractivity contribution in [3.8, 4) is 0 Å². The first-order valence-corrected chi connectivity index (χ1v) is 5.84. The molecule has 98 valence electrons. The minimum absolute atomic E-state index is 0.135. The zero-order valence-electron chi connectivity index (χ0n) is 10.0. The Kier molecular flexibility index (Phi) is 5.37. The number of rotatable bonds is 5. The topological polar surface area (TPSA) is 102 Å². The van der Waals surface area contributed by atoms with Gasteiger partial charge < -0.3 is 20.9 Å². The first-order valence-electron chi connectivity index (χ1n) is 5.84. The van der Waals surface area contributed by atoms with Crippen molar-refractivity contribution in [2.75, 3.05) is 13.7 Å². The van der Waals surface area contributed by atoms with E-state index >= 15 is 0 Å². The van der Waals surface area contributed by atoms with Crippen molar-refractivity contribution >= 4 is 11.9 Å². The van der Waals surface area contributed by atoms with Crippen LogP contribution in [0.5, 0.6) is 0 Å². The van der Waals surface area contributed by atoms with Gasteiger partial charge >= 0.3 is 5.97 Å². The van der Waals surface area contributed by atoms with Crippen molar-refractivity contribution in [3.05, 3.63) is 0 Å². The van der Waals surface area contributed by atoms with E-state index in [-0.39, 0.29) is 18.6 Å². The molecule has 0 aromatic carbocycles. The van der Waals surface area contributed by atoms with Crippen molar-refractivity contribution in [1.29, 1.82) is 0 Å². The van der Waals surface area contributed by atoms with Crippen molar-refractivity contribution in [2.45, 2.75) is 37.8 Å². The first kappa shape index (κ1) is 13.9. The van der Waals surface area contributed by atoms with E-state index in [1.165, 1.54) is 7.11 Å². The number of hydrogen-bond acceptors (Lipinski definition) is 4. The molecule has 4 N–H and O–H groups in total. The standard InChI is InChI=1S/C11H20N2O4/c1-17-6-8(12)10(14)13-9-5-3-2-4-7(9)11(15)16/h7-9H,2-6,12H2,1H3,(H,13,14)(H,15,16). The Balaban J connectivity index is 2.52. The number of methoxy groups -OCH3 is 1. The Morgan fingerprint density at radius 3 is 2.71 bits per heavy atom. The van der Waals surface area contributed by atoms with Crippen LogP contribution in [-0.4, -0.2) is 42.8 Å². The lowest BCUT2D eigenvalue weighted by Crippen LogP contribution is -2.51. The summed E-state index contributed by atoms with van der Waals surface area (Å²) in [6.07, 6.45) is 3.14. The van der Waals surface area contributed by atoms with E-state index in [0.717, 1.165) is 12.8 Å². The summed E-state index contributed by atoms with van der Waals surface area (Å²) in [5.41, 5.74) is 5.58. The molecule has 0 heterocycles. The van der Waals surface area contributed by atoms with Crippen LogP contribution in [-0.2, 0) is 14.3 Å². The zero-order valence-corrected chi connectivity index (χ0v) is 10.0. The molecule has 0 saturated heterocycles. The maximum absolute atomic E-state index is 11.7. The smallest absolute Gasteiger partial charge is 0.308 e. The molecule has 0 spiro atoms. The minimum atomic E-state index is -0.852. The average molecular weight is 244 g/mol. The molecule has 1 saturated carbocycles. The lowest BCUT2D eigenvalue weighted by atomic mass is 9.84. The van der Waals surface area contributed by atoms with Gasteiger partial charge in [0.15, 0.2) is 0 Å². The van der Waals surface area contributed by atoms with Gasteiger partial charge in [-0.25, -0.2) is 0 Å². The molecule has 0 radical (unpaired) electrons. The van der Waals surface area contributed by atoms with Gasteiger partial charge in [-0.15, -0.1) is 0 Å². The number of carbonyl (C=O) groups is 2. The molecule has 6 heteroatoms. The van der Waals surface area contributed by atoms with Crippen LogP contribution >= 0.6 is 0 Å². The van der Waals surface area contributed by atoms with E-state index in [1.54, 1.807) is 0 Å². The van der Waals surface area contributed by atoms with Crippen LogP contribution in [0.4, 0.5) is 0 Å². The summed E-state index contributed by atoms with van der Waals surface area (Å²) in [7, 11) is 1.47. The maximum Gasteiger partial charge on any atom is 0.308 e. The van der Waals surface area contributed by atoms with E-state index in [9.17, 15) is 9.59 Å². The largest absolute Gasteiger partial charge is 0.481 e. The Hall–Kier alpha value is -1.14. The second-order valence-electron chi connectivity index (χ2n) is 4.41. The van der Waals surface area contributed by atoms with Crippen LogP contribution in [0.25, 0.3) is 0 Å². The van der Waals surface area contributed by atoms with Crippen LogP contribution in [0.2, 0.25) is 0 Å². The van der Waals surface area contributed by atoms with Gasteiger partial charge in [0.2, 0.25) is 5.91 Å². The van der Waals surface area contributed by atoms with E-state index < -0.39 is 17.9 Å². The molecule has 6 nitrogen and oxygen atoms in total. The summed E-state index contributed by atoms with van der Waals surface area (Å²) in [6, 6.07) is -1.05. The highest BCUT2D eigenvalue weighted by Crippen LogP contribution is 2.24. The molecule has 0 bridgehead atoms. The van der Waals surface area contributed by atoms with Gasteiger partial charge in [-0.3, -0.25) is 9.59 Å². The van der Waals surface area contributed by atoms with Crippen LogP contribution in [0.3, 0.4) is 0 Å². The normalized spacial score (nSPS) is 26.2. The summed E-state index contributed by atoms with van der Waals surface area (Å²) >= 11 is 0. The summed E-state index contributed by atoms with van der Waals surface area (Å²) in [5, 5.41) is 11.8. The Bertz CT molecular complexity index is 283. The highest BCUT2D eigenvalue weighted by molar-refractivity contribution is 5.82. The molecule has 0 aliphatic heterocycles. The number of nitrogens with two attached hydrogens (primary N) is 1. The molecular formula is C11H20N2O4. The molecule has 3 unspecified atom stereocenters. The van der Waals surface area contributed by atoms with Gasteiger partial charge in [-0.05, 0) is 12.8 Å². The molecule has 1 aliphatic rings. The third-order valence-electron chi connectivity index (χ3n) is 3.09. The van der Waals surface area contributed by atoms with Crippen LogP contribution in [0, 0.1) is 5.92 Å². The quantitative estimate of drug-likeness (QED) is 0.617. The van der Waals surface area contributed by atoms with Crippen LogP contribution in [0.15, 0.2) is 0 Å². The monoisotopic (exact) mass is 244 g/mol.